The summed E-state index contributed by atoms with van der Waals surface area (Å²) in [5, 5.41) is 19.0. The monoisotopic (exact) mass is 328 g/mol. The third-order valence-electron chi connectivity index (χ3n) is 2.53. The summed E-state index contributed by atoms with van der Waals surface area (Å²) in [5.74, 6) is -0.411. The number of hydrogen-bond acceptors (Lipinski definition) is 2. The average Bonchev–Trinajstić information content (AvgIpc) is 2.31. The van der Waals surface area contributed by atoms with Crippen LogP contribution < -0.4 is 5.46 Å². The van der Waals surface area contributed by atoms with E-state index in [9.17, 15) is 14.4 Å². The van der Waals surface area contributed by atoms with Crippen molar-refractivity contribution >= 4 is 40.1 Å². The maximum absolute atomic E-state index is 13.3. The van der Waals surface area contributed by atoms with Crippen LogP contribution in [-0.4, -0.2) is 17.2 Å². The lowest BCUT2D eigenvalue weighted by Gasteiger charge is -2.12. The van der Waals surface area contributed by atoms with E-state index in [0.29, 0.717) is 15.6 Å². The first-order valence-corrected chi connectivity index (χ1v) is 6.28. The molecule has 0 aliphatic heterocycles. The Hall–Kier alpha value is -0.875. The molecule has 18 heavy (non-hydrogen) atoms. The lowest BCUT2D eigenvalue weighted by molar-refractivity contribution is 0.426. The highest BCUT2D eigenvalue weighted by Crippen LogP contribution is 2.29. The van der Waals surface area contributed by atoms with Crippen LogP contribution in [0.3, 0.4) is 0 Å². The Morgan fingerprint density at radius 2 is 1.83 bits per heavy atom. The molecular formula is C12H8BBrClFO2. The molecule has 0 fully saturated rings. The van der Waals surface area contributed by atoms with Crippen molar-refractivity contribution in [3.8, 4) is 11.1 Å². The second-order valence-electron chi connectivity index (χ2n) is 3.70. The summed E-state index contributed by atoms with van der Waals surface area (Å²) in [6.07, 6.45) is 0. The smallest absolute Gasteiger partial charge is 0.423 e. The van der Waals surface area contributed by atoms with Crippen LogP contribution in [0.25, 0.3) is 11.1 Å². The summed E-state index contributed by atoms with van der Waals surface area (Å²) >= 11 is 9.24. The van der Waals surface area contributed by atoms with Gasteiger partial charge in [-0.15, -0.1) is 0 Å². The Morgan fingerprint density at radius 1 is 1.11 bits per heavy atom. The first kappa shape index (κ1) is 13.6. The molecule has 2 aromatic rings. The molecule has 0 aromatic heterocycles. The van der Waals surface area contributed by atoms with Crippen molar-refractivity contribution in [2.45, 2.75) is 0 Å². The van der Waals surface area contributed by atoms with Gasteiger partial charge in [0.1, 0.15) is 5.82 Å². The van der Waals surface area contributed by atoms with Crippen LogP contribution >= 0.6 is 27.5 Å². The molecule has 0 atom stereocenters. The molecule has 2 N–H and O–H groups in total. The first-order valence-electron chi connectivity index (χ1n) is 5.10. The molecule has 0 bridgehead atoms. The summed E-state index contributed by atoms with van der Waals surface area (Å²) in [5.41, 5.74) is 1.15. The van der Waals surface area contributed by atoms with E-state index in [-0.39, 0.29) is 10.5 Å². The van der Waals surface area contributed by atoms with Gasteiger partial charge in [-0.2, -0.15) is 0 Å². The minimum Gasteiger partial charge on any atom is -0.423 e. The molecule has 2 nitrogen and oxygen atoms in total. The maximum Gasteiger partial charge on any atom is 0.490 e. The minimum absolute atomic E-state index is 0.158. The Kier molecular flexibility index (Phi) is 4.07. The highest BCUT2D eigenvalue weighted by atomic mass is 79.9. The van der Waals surface area contributed by atoms with Crippen LogP contribution in [0.2, 0.25) is 5.02 Å². The molecule has 0 radical (unpaired) electrons. The molecule has 92 valence electrons. The molecule has 0 heterocycles. The quantitative estimate of drug-likeness (QED) is 0.832. The van der Waals surface area contributed by atoms with E-state index >= 15 is 0 Å². The standard InChI is InChI=1S/C12H8BBrClFO2/c14-10-5-4-7(16)6-9(10)8-2-1-3-11(15)12(8)13(17)18/h1-6,17-18H. The molecule has 6 heteroatoms. The van der Waals surface area contributed by atoms with E-state index in [1.807, 2.05) is 0 Å². The Balaban J connectivity index is 2.71. The van der Waals surface area contributed by atoms with Gasteiger partial charge in [-0.25, -0.2) is 4.39 Å². The van der Waals surface area contributed by atoms with Crippen LogP contribution in [0.15, 0.2) is 40.9 Å². The molecular weight excluding hydrogens is 321 g/mol. The lowest BCUT2D eigenvalue weighted by Crippen LogP contribution is -2.32. The van der Waals surface area contributed by atoms with Crippen molar-refractivity contribution in [3.05, 3.63) is 51.7 Å². The molecule has 0 aliphatic rings. The third-order valence-corrected chi connectivity index (χ3v) is 3.55. The summed E-state index contributed by atoms with van der Waals surface area (Å²) in [4.78, 5) is 0. The van der Waals surface area contributed by atoms with Crippen LogP contribution in [0.5, 0.6) is 0 Å². The second kappa shape index (κ2) is 5.40. The zero-order valence-electron chi connectivity index (χ0n) is 9.07. The molecule has 0 saturated carbocycles. The normalized spacial score (nSPS) is 10.5. The van der Waals surface area contributed by atoms with Gasteiger partial charge in [0.15, 0.2) is 0 Å². The highest BCUT2D eigenvalue weighted by molar-refractivity contribution is 9.10. The summed E-state index contributed by atoms with van der Waals surface area (Å²) in [7, 11) is -1.72. The Morgan fingerprint density at radius 3 is 2.50 bits per heavy atom. The topological polar surface area (TPSA) is 40.5 Å². The van der Waals surface area contributed by atoms with Crippen LogP contribution in [0.4, 0.5) is 4.39 Å². The molecule has 0 aliphatic carbocycles. The van der Waals surface area contributed by atoms with Gasteiger partial charge in [0, 0.05) is 15.0 Å². The largest absolute Gasteiger partial charge is 0.490 e. The molecule has 0 unspecified atom stereocenters. The SMILES string of the molecule is OB(O)c1c(Cl)cccc1-c1cc(F)ccc1Br. The summed E-state index contributed by atoms with van der Waals surface area (Å²) < 4.78 is 13.9. The van der Waals surface area contributed by atoms with E-state index in [2.05, 4.69) is 15.9 Å². The Bertz CT molecular complexity index is 592. The van der Waals surface area contributed by atoms with Gasteiger partial charge in [0.2, 0.25) is 0 Å². The van der Waals surface area contributed by atoms with E-state index in [4.69, 9.17) is 11.6 Å². The molecule has 2 rings (SSSR count). The zero-order chi connectivity index (χ0) is 13.3. The van der Waals surface area contributed by atoms with E-state index < -0.39 is 12.9 Å². The lowest BCUT2D eigenvalue weighted by atomic mass is 9.75. The van der Waals surface area contributed by atoms with E-state index in [0.717, 1.165) is 0 Å². The number of rotatable bonds is 2. The predicted octanol–water partition coefficient (Wildman–Crippen LogP) is 2.59. The summed E-state index contributed by atoms with van der Waals surface area (Å²) in [6, 6.07) is 9.04. The Labute approximate surface area is 117 Å². The molecule has 0 saturated heterocycles. The van der Waals surface area contributed by atoms with Gasteiger partial charge < -0.3 is 10.0 Å². The van der Waals surface area contributed by atoms with Gasteiger partial charge in [0.25, 0.3) is 0 Å². The minimum atomic E-state index is -1.72. The van der Waals surface area contributed by atoms with Crippen molar-refractivity contribution in [1.82, 2.24) is 0 Å². The fraction of sp³-hybridized carbons (Fsp3) is 0. The zero-order valence-corrected chi connectivity index (χ0v) is 11.4. The van der Waals surface area contributed by atoms with Crippen molar-refractivity contribution in [3.63, 3.8) is 0 Å². The summed E-state index contributed by atoms with van der Waals surface area (Å²) in [6.45, 7) is 0. The van der Waals surface area contributed by atoms with Crippen LogP contribution in [0, 0.1) is 5.82 Å². The van der Waals surface area contributed by atoms with E-state index in [1.165, 1.54) is 12.1 Å². The van der Waals surface area contributed by atoms with Gasteiger partial charge in [-0.1, -0.05) is 39.7 Å². The number of hydrogen-bond donors (Lipinski definition) is 2. The van der Waals surface area contributed by atoms with E-state index in [1.54, 1.807) is 24.3 Å². The van der Waals surface area contributed by atoms with Crippen molar-refractivity contribution < 1.29 is 14.4 Å². The first-order chi connectivity index (χ1) is 8.50. The van der Waals surface area contributed by atoms with Crippen LogP contribution in [0.1, 0.15) is 0 Å². The van der Waals surface area contributed by atoms with Crippen LogP contribution in [-0.2, 0) is 0 Å². The fourth-order valence-electron chi connectivity index (χ4n) is 1.74. The number of halogens is 3. The van der Waals surface area contributed by atoms with Gasteiger partial charge >= 0.3 is 7.12 Å². The number of benzene rings is 2. The van der Waals surface area contributed by atoms with Gasteiger partial charge in [-0.05, 0) is 35.4 Å². The second-order valence-corrected chi connectivity index (χ2v) is 4.96. The van der Waals surface area contributed by atoms with Crippen molar-refractivity contribution in [1.29, 1.82) is 0 Å². The maximum atomic E-state index is 13.3. The fourth-order valence-corrected chi connectivity index (χ4v) is 2.47. The van der Waals surface area contributed by atoms with Gasteiger partial charge in [0.05, 0.1) is 0 Å². The third kappa shape index (κ3) is 2.59. The molecule has 2 aromatic carbocycles. The van der Waals surface area contributed by atoms with Gasteiger partial charge in [-0.3, -0.25) is 0 Å². The predicted molar refractivity (Wildman–Crippen MR) is 74.4 cm³/mol. The van der Waals surface area contributed by atoms with Crippen molar-refractivity contribution in [2.24, 2.45) is 0 Å². The molecule has 0 amide bonds. The highest BCUT2D eigenvalue weighted by Gasteiger charge is 2.21. The average molecular weight is 329 g/mol. The molecule has 0 spiro atoms. The van der Waals surface area contributed by atoms with Crippen molar-refractivity contribution in [2.75, 3.05) is 0 Å².